The number of rotatable bonds is 5. The quantitative estimate of drug-likeness (QED) is 0.542. The van der Waals surface area contributed by atoms with Crippen LogP contribution in [-0.4, -0.2) is 64.7 Å². The van der Waals surface area contributed by atoms with Gasteiger partial charge < -0.3 is 14.7 Å². The van der Waals surface area contributed by atoms with E-state index in [1.165, 1.54) is 32.7 Å². The van der Waals surface area contributed by atoms with E-state index in [-0.39, 0.29) is 17.4 Å². The number of anilines is 2. The Balaban J connectivity index is 1.18. The molecule has 0 spiro atoms. The van der Waals surface area contributed by atoms with Crippen molar-refractivity contribution in [2.75, 3.05) is 49.1 Å². The van der Waals surface area contributed by atoms with E-state index in [0.29, 0.717) is 4.96 Å². The fourth-order valence-corrected chi connectivity index (χ4v) is 6.14. The number of aromatic nitrogens is 3. The Kier molecular flexibility index (Phi) is 6.77. The number of fused-ring (bicyclic) bond motifs is 1. The van der Waals surface area contributed by atoms with Gasteiger partial charge in [-0.25, -0.2) is 4.98 Å². The van der Waals surface area contributed by atoms with Gasteiger partial charge in [0.15, 0.2) is 0 Å². The summed E-state index contributed by atoms with van der Waals surface area (Å²) in [5.41, 5.74) is 4.56. The maximum absolute atomic E-state index is 13.3. The van der Waals surface area contributed by atoms with E-state index in [4.69, 9.17) is 0 Å². The summed E-state index contributed by atoms with van der Waals surface area (Å²) in [6, 6.07) is 8.17. The Morgan fingerprint density at radius 2 is 1.77 bits per heavy atom. The number of hydrogen-bond acceptors (Lipinski definition) is 7. The van der Waals surface area contributed by atoms with Gasteiger partial charge in [-0.2, -0.15) is 4.52 Å². The van der Waals surface area contributed by atoms with Crippen LogP contribution in [0.15, 0.2) is 29.1 Å². The molecule has 2 aromatic heterocycles. The van der Waals surface area contributed by atoms with Crippen LogP contribution in [0.25, 0.3) is 4.96 Å². The molecule has 186 valence electrons. The highest BCUT2D eigenvalue weighted by atomic mass is 32.1. The van der Waals surface area contributed by atoms with Crippen molar-refractivity contribution < 1.29 is 4.79 Å². The number of nitrogens with zero attached hydrogens (tertiary/aromatic N) is 6. The van der Waals surface area contributed by atoms with Crippen molar-refractivity contribution in [1.29, 1.82) is 0 Å². The van der Waals surface area contributed by atoms with E-state index in [1.54, 1.807) is 6.07 Å². The SMILES string of the molecule is CCCc1cc(=O)n2nc(N3CCC(C(=O)N4CCN(c5cc(C)ccc5C)CC4)CC3)sc2n1. The number of carbonyl (C=O) groups is 1. The van der Waals surface area contributed by atoms with Crippen LogP contribution in [0.5, 0.6) is 0 Å². The second-order valence-corrected chi connectivity index (χ2v) is 10.7. The third-order valence-electron chi connectivity index (χ3n) is 7.20. The molecule has 4 heterocycles. The predicted octanol–water partition coefficient (Wildman–Crippen LogP) is 3.29. The van der Waals surface area contributed by atoms with E-state index < -0.39 is 0 Å². The van der Waals surface area contributed by atoms with Gasteiger partial charge in [-0.3, -0.25) is 9.59 Å². The topological polar surface area (TPSA) is 74.1 Å². The molecule has 1 amide bonds. The first-order valence-electron chi connectivity index (χ1n) is 12.7. The van der Waals surface area contributed by atoms with Gasteiger partial charge in [-0.1, -0.05) is 36.8 Å². The molecule has 9 heteroatoms. The molecule has 0 N–H and O–H groups in total. The van der Waals surface area contributed by atoms with Crippen LogP contribution in [0.4, 0.5) is 10.8 Å². The van der Waals surface area contributed by atoms with Crippen LogP contribution < -0.4 is 15.4 Å². The zero-order chi connectivity index (χ0) is 24.5. The summed E-state index contributed by atoms with van der Waals surface area (Å²) < 4.78 is 1.41. The molecular formula is C26H34N6O2S. The van der Waals surface area contributed by atoms with E-state index in [9.17, 15) is 9.59 Å². The smallest absolute Gasteiger partial charge is 0.275 e. The second kappa shape index (κ2) is 9.97. The summed E-state index contributed by atoms with van der Waals surface area (Å²) in [5.74, 6) is 0.349. The Bertz CT molecular complexity index is 1270. The molecule has 0 saturated carbocycles. The van der Waals surface area contributed by atoms with Crippen LogP contribution >= 0.6 is 11.3 Å². The van der Waals surface area contributed by atoms with Crippen LogP contribution in [0.2, 0.25) is 0 Å². The largest absolute Gasteiger partial charge is 0.368 e. The summed E-state index contributed by atoms with van der Waals surface area (Å²) in [6.07, 6.45) is 3.38. The average Bonchev–Trinajstić information content (AvgIpc) is 3.30. The first-order valence-corrected chi connectivity index (χ1v) is 13.5. The highest BCUT2D eigenvalue weighted by molar-refractivity contribution is 7.20. The van der Waals surface area contributed by atoms with Gasteiger partial charge in [0.2, 0.25) is 16.0 Å². The molecule has 2 aliphatic heterocycles. The molecule has 3 aromatic rings. The van der Waals surface area contributed by atoms with Crippen LogP contribution in [0.1, 0.15) is 43.0 Å². The maximum Gasteiger partial charge on any atom is 0.275 e. The molecule has 2 aliphatic rings. The van der Waals surface area contributed by atoms with E-state index in [1.807, 2.05) is 0 Å². The summed E-state index contributed by atoms with van der Waals surface area (Å²) in [6.45, 7) is 11.2. The molecule has 1 aromatic carbocycles. The number of benzene rings is 1. The number of piperazine rings is 1. The van der Waals surface area contributed by atoms with Crippen molar-refractivity contribution in [2.24, 2.45) is 5.92 Å². The summed E-state index contributed by atoms with van der Waals surface area (Å²) >= 11 is 1.46. The molecular weight excluding hydrogens is 460 g/mol. The number of amides is 1. The number of carbonyl (C=O) groups excluding carboxylic acids is 1. The Morgan fingerprint density at radius 1 is 1.03 bits per heavy atom. The standard InChI is InChI=1S/C26H34N6O2S/c1-4-5-21-17-23(33)32-25(27-21)35-26(28-32)31-10-8-20(9-11-31)24(34)30-14-12-29(13-15-30)22-16-18(2)6-7-19(22)3/h6-7,16-17,20H,4-5,8-15H2,1-3H3. The first kappa shape index (κ1) is 23.8. The minimum atomic E-state index is -0.119. The lowest BCUT2D eigenvalue weighted by Gasteiger charge is -2.39. The van der Waals surface area contributed by atoms with Crippen molar-refractivity contribution in [3.8, 4) is 0 Å². The minimum absolute atomic E-state index is 0.0601. The second-order valence-electron chi connectivity index (χ2n) is 9.78. The van der Waals surface area contributed by atoms with Crippen molar-refractivity contribution >= 4 is 33.0 Å². The number of aryl methyl sites for hydroxylation is 3. The molecule has 0 atom stereocenters. The third-order valence-corrected chi connectivity index (χ3v) is 8.17. The van der Waals surface area contributed by atoms with E-state index >= 15 is 0 Å². The molecule has 8 nitrogen and oxygen atoms in total. The molecule has 2 fully saturated rings. The fraction of sp³-hybridized carbons (Fsp3) is 0.538. The fourth-order valence-electron chi connectivity index (χ4n) is 5.16. The van der Waals surface area contributed by atoms with Crippen molar-refractivity contribution in [3.63, 3.8) is 0 Å². The van der Waals surface area contributed by atoms with Crippen molar-refractivity contribution in [2.45, 2.75) is 46.5 Å². The Morgan fingerprint density at radius 3 is 2.49 bits per heavy atom. The minimum Gasteiger partial charge on any atom is -0.368 e. The van der Waals surface area contributed by atoms with Crippen LogP contribution in [0, 0.1) is 19.8 Å². The predicted molar refractivity (Wildman–Crippen MR) is 141 cm³/mol. The van der Waals surface area contributed by atoms with Crippen molar-refractivity contribution in [1.82, 2.24) is 19.5 Å². The lowest BCUT2D eigenvalue weighted by atomic mass is 9.95. The molecule has 5 rings (SSSR count). The van der Waals surface area contributed by atoms with Gasteiger partial charge in [-0.05, 0) is 50.3 Å². The van der Waals surface area contributed by atoms with Crippen LogP contribution in [0.3, 0.4) is 0 Å². The molecule has 0 bridgehead atoms. The van der Waals surface area contributed by atoms with Gasteiger partial charge in [0.1, 0.15) is 0 Å². The summed E-state index contributed by atoms with van der Waals surface area (Å²) in [7, 11) is 0. The lowest BCUT2D eigenvalue weighted by molar-refractivity contribution is -0.136. The normalized spacial score (nSPS) is 17.4. The molecule has 0 aliphatic carbocycles. The van der Waals surface area contributed by atoms with Crippen LogP contribution in [-0.2, 0) is 11.2 Å². The monoisotopic (exact) mass is 494 g/mol. The van der Waals surface area contributed by atoms with Gasteiger partial charge in [-0.15, -0.1) is 5.10 Å². The molecule has 0 unspecified atom stereocenters. The maximum atomic E-state index is 13.3. The van der Waals surface area contributed by atoms with Gasteiger partial charge in [0.25, 0.3) is 5.56 Å². The van der Waals surface area contributed by atoms with E-state index in [2.05, 4.69) is 63.8 Å². The average molecular weight is 495 g/mol. The molecule has 0 radical (unpaired) electrons. The Hall–Kier alpha value is -2.94. The highest BCUT2D eigenvalue weighted by Gasteiger charge is 2.31. The number of hydrogen-bond donors (Lipinski definition) is 0. The number of piperidine rings is 1. The van der Waals surface area contributed by atoms with E-state index in [0.717, 1.165) is 75.8 Å². The van der Waals surface area contributed by atoms with Crippen molar-refractivity contribution in [3.05, 3.63) is 51.4 Å². The lowest BCUT2D eigenvalue weighted by Crippen LogP contribution is -2.51. The van der Waals surface area contributed by atoms with Gasteiger partial charge in [0.05, 0.1) is 0 Å². The highest BCUT2D eigenvalue weighted by Crippen LogP contribution is 2.29. The summed E-state index contributed by atoms with van der Waals surface area (Å²) in [5, 5.41) is 5.35. The molecule has 35 heavy (non-hydrogen) atoms. The zero-order valence-corrected chi connectivity index (χ0v) is 21.7. The zero-order valence-electron chi connectivity index (χ0n) is 20.9. The Labute approximate surface area is 210 Å². The van der Waals surface area contributed by atoms with Gasteiger partial charge in [0, 0.05) is 62.6 Å². The third kappa shape index (κ3) is 4.91. The van der Waals surface area contributed by atoms with Gasteiger partial charge >= 0.3 is 0 Å². The summed E-state index contributed by atoms with van der Waals surface area (Å²) in [4.78, 5) is 37.6. The molecule has 2 saturated heterocycles. The first-order chi connectivity index (χ1) is 16.9.